The number of allylic oxidation sites excluding steroid dienone is 2. The van der Waals surface area contributed by atoms with Crippen molar-refractivity contribution in [2.45, 2.75) is 25.7 Å². The summed E-state index contributed by atoms with van der Waals surface area (Å²) < 4.78 is 11.2. The Labute approximate surface area is 173 Å². The summed E-state index contributed by atoms with van der Waals surface area (Å²) in [5.41, 5.74) is 0.504. The molecule has 3 fully saturated rings. The molecule has 1 amide bonds. The highest BCUT2D eigenvalue weighted by Gasteiger charge is 2.64. The van der Waals surface area contributed by atoms with E-state index in [1.165, 1.54) is 12.8 Å². The Balaban J connectivity index is 1.04. The first-order valence-electron chi connectivity index (χ1n) is 11.2. The minimum Gasteiger partial charge on any atom is -0.493 e. The van der Waals surface area contributed by atoms with Crippen molar-refractivity contribution < 1.29 is 14.3 Å². The number of carbonyl (C=O) groups excluding carboxylic acids is 1. The standard InChI is InChI=1S/C24H32N2O3/c1-28-21-5-2-3-6-22(21)29-16-4-11-25-12-14-26(15-13-25)23(27)19-17-18-7-8-20(19)24(18)9-10-24/h2-3,5-8,18-20H,4,9-17H2,1H3/t18-,19-,20-/m1/s1. The highest BCUT2D eigenvalue weighted by molar-refractivity contribution is 5.80. The zero-order valence-electron chi connectivity index (χ0n) is 17.4. The Kier molecular flexibility index (Phi) is 5.02. The summed E-state index contributed by atoms with van der Waals surface area (Å²) in [6.45, 7) is 5.38. The Bertz CT molecular complexity index is 780. The van der Waals surface area contributed by atoms with Crippen LogP contribution in [0.15, 0.2) is 36.4 Å². The lowest BCUT2D eigenvalue weighted by molar-refractivity contribution is -0.138. The van der Waals surface area contributed by atoms with E-state index in [-0.39, 0.29) is 5.92 Å². The number of carbonyl (C=O) groups is 1. The second-order valence-corrected chi connectivity index (χ2v) is 9.11. The molecule has 5 rings (SSSR count). The first-order valence-corrected chi connectivity index (χ1v) is 11.2. The maximum Gasteiger partial charge on any atom is 0.226 e. The van der Waals surface area contributed by atoms with E-state index in [0.717, 1.165) is 57.1 Å². The van der Waals surface area contributed by atoms with Gasteiger partial charge in [0.25, 0.3) is 0 Å². The second-order valence-electron chi connectivity index (χ2n) is 9.11. The first-order chi connectivity index (χ1) is 14.2. The summed E-state index contributed by atoms with van der Waals surface area (Å²) in [7, 11) is 1.67. The number of amides is 1. The fraction of sp³-hybridized carbons (Fsp3) is 0.625. The number of rotatable bonds is 7. The molecule has 1 saturated heterocycles. The van der Waals surface area contributed by atoms with Crippen LogP contribution in [-0.2, 0) is 4.79 Å². The van der Waals surface area contributed by atoms with Crippen molar-refractivity contribution in [1.29, 1.82) is 0 Å². The summed E-state index contributed by atoms with van der Waals surface area (Å²) in [5, 5.41) is 0. The summed E-state index contributed by atoms with van der Waals surface area (Å²) in [4.78, 5) is 17.7. The van der Waals surface area contributed by atoms with Crippen LogP contribution < -0.4 is 9.47 Å². The number of ether oxygens (including phenoxy) is 2. The Hall–Kier alpha value is -2.01. The van der Waals surface area contributed by atoms with E-state index in [1.54, 1.807) is 7.11 Å². The van der Waals surface area contributed by atoms with Crippen LogP contribution in [0.2, 0.25) is 0 Å². The van der Waals surface area contributed by atoms with Crippen LogP contribution in [0.4, 0.5) is 0 Å². The van der Waals surface area contributed by atoms with Crippen molar-refractivity contribution in [3.8, 4) is 11.5 Å². The molecule has 0 N–H and O–H groups in total. The first kappa shape index (κ1) is 19.0. The van der Waals surface area contributed by atoms with Gasteiger partial charge in [-0.1, -0.05) is 24.3 Å². The van der Waals surface area contributed by atoms with Crippen molar-refractivity contribution in [3.05, 3.63) is 36.4 Å². The van der Waals surface area contributed by atoms with Gasteiger partial charge in [0.05, 0.1) is 13.7 Å². The average Bonchev–Trinajstić information content (AvgIpc) is 3.44. The van der Waals surface area contributed by atoms with E-state index >= 15 is 0 Å². The lowest BCUT2D eigenvalue weighted by Crippen LogP contribution is -2.51. The third kappa shape index (κ3) is 3.43. The van der Waals surface area contributed by atoms with Gasteiger partial charge in [-0.05, 0) is 55.1 Å². The van der Waals surface area contributed by atoms with Crippen molar-refractivity contribution >= 4 is 5.91 Å². The average molecular weight is 397 g/mol. The van der Waals surface area contributed by atoms with Crippen LogP contribution in [0.3, 0.4) is 0 Å². The van der Waals surface area contributed by atoms with E-state index in [2.05, 4.69) is 22.0 Å². The van der Waals surface area contributed by atoms with Gasteiger partial charge in [0.1, 0.15) is 0 Å². The van der Waals surface area contributed by atoms with Crippen LogP contribution in [-0.4, -0.2) is 62.1 Å². The van der Waals surface area contributed by atoms with Gasteiger partial charge in [0.2, 0.25) is 5.91 Å². The van der Waals surface area contributed by atoms with E-state index in [9.17, 15) is 4.79 Å². The van der Waals surface area contributed by atoms with Crippen LogP contribution in [0.5, 0.6) is 11.5 Å². The maximum absolute atomic E-state index is 13.1. The fourth-order valence-corrected chi connectivity index (χ4v) is 5.89. The Morgan fingerprint density at radius 3 is 2.55 bits per heavy atom. The molecule has 1 aromatic carbocycles. The van der Waals surface area contributed by atoms with E-state index < -0.39 is 0 Å². The third-order valence-electron chi connectivity index (χ3n) is 7.67. The molecule has 1 aliphatic heterocycles. The topological polar surface area (TPSA) is 42.0 Å². The maximum atomic E-state index is 13.1. The lowest BCUT2D eigenvalue weighted by atomic mass is 9.88. The molecule has 0 radical (unpaired) electrons. The summed E-state index contributed by atoms with van der Waals surface area (Å²) >= 11 is 0. The summed E-state index contributed by atoms with van der Waals surface area (Å²) in [6, 6.07) is 7.78. The molecule has 3 atom stereocenters. The minimum absolute atomic E-state index is 0.258. The molecule has 2 saturated carbocycles. The molecule has 1 heterocycles. The van der Waals surface area contributed by atoms with Gasteiger partial charge in [0.15, 0.2) is 11.5 Å². The van der Waals surface area contributed by atoms with E-state index in [1.807, 2.05) is 24.3 Å². The third-order valence-corrected chi connectivity index (χ3v) is 7.67. The SMILES string of the molecule is COc1ccccc1OCCCN1CCN(C(=O)[C@@H]2C[C@H]3C=C[C@H]2C32CC2)CC1. The van der Waals surface area contributed by atoms with Crippen LogP contribution >= 0.6 is 0 Å². The monoisotopic (exact) mass is 396 g/mol. The molecule has 1 aromatic rings. The fourth-order valence-electron chi connectivity index (χ4n) is 5.89. The predicted molar refractivity (Wildman–Crippen MR) is 112 cm³/mol. The van der Waals surface area contributed by atoms with Crippen molar-refractivity contribution in [2.24, 2.45) is 23.2 Å². The number of benzene rings is 1. The quantitative estimate of drug-likeness (QED) is 0.524. The van der Waals surface area contributed by atoms with Gasteiger partial charge in [-0.2, -0.15) is 0 Å². The van der Waals surface area contributed by atoms with Gasteiger partial charge in [-0.25, -0.2) is 0 Å². The number of hydrogen-bond acceptors (Lipinski definition) is 4. The summed E-state index contributed by atoms with van der Waals surface area (Å²) in [5.74, 6) is 3.48. The molecule has 5 nitrogen and oxygen atoms in total. The molecule has 4 aliphatic rings. The molecule has 5 heteroatoms. The van der Waals surface area contributed by atoms with Gasteiger partial charge >= 0.3 is 0 Å². The molecule has 0 aromatic heterocycles. The van der Waals surface area contributed by atoms with Crippen molar-refractivity contribution in [1.82, 2.24) is 9.80 Å². The Morgan fingerprint density at radius 1 is 1.10 bits per heavy atom. The molecule has 3 aliphatic carbocycles. The van der Waals surface area contributed by atoms with Crippen molar-refractivity contribution in [2.75, 3.05) is 46.4 Å². The predicted octanol–water partition coefficient (Wildman–Crippen LogP) is 3.21. The molecule has 29 heavy (non-hydrogen) atoms. The minimum atomic E-state index is 0.258. The number of methoxy groups -OCH3 is 1. The molecular weight excluding hydrogens is 364 g/mol. The molecule has 1 spiro atoms. The lowest BCUT2D eigenvalue weighted by Gasteiger charge is -2.37. The van der Waals surface area contributed by atoms with Gasteiger partial charge < -0.3 is 14.4 Å². The van der Waals surface area contributed by atoms with E-state index in [0.29, 0.717) is 29.8 Å². The van der Waals surface area contributed by atoms with Crippen LogP contribution in [0.1, 0.15) is 25.7 Å². The zero-order valence-corrected chi connectivity index (χ0v) is 17.4. The van der Waals surface area contributed by atoms with Crippen molar-refractivity contribution in [3.63, 3.8) is 0 Å². The smallest absolute Gasteiger partial charge is 0.226 e. The van der Waals surface area contributed by atoms with Gasteiger partial charge in [-0.3, -0.25) is 9.69 Å². The number of nitrogens with zero attached hydrogens (tertiary/aromatic N) is 2. The second kappa shape index (κ2) is 7.67. The molecule has 156 valence electrons. The highest BCUT2D eigenvalue weighted by atomic mass is 16.5. The molecule has 0 unspecified atom stereocenters. The highest BCUT2D eigenvalue weighted by Crippen LogP contribution is 2.70. The molecule has 2 bridgehead atoms. The largest absolute Gasteiger partial charge is 0.493 e. The number of para-hydroxylation sites is 2. The number of piperazine rings is 1. The Morgan fingerprint density at radius 2 is 1.86 bits per heavy atom. The normalized spacial score (nSPS) is 29.4. The van der Waals surface area contributed by atoms with Gasteiger partial charge in [-0.15, -0.1) is 0 Å². The summed E-state index contributed by atoms with van der Waals surface area (Å²) in [6.07, 6.45) is 9.51. The zero-order chi connectivity index (χ0) is 19.8. The van der Waals surface area contributed by atoms with Gasteiger partial charge in [0, 0.05) is 38.6 Å². The number of hydrogen-bond donors (Lipinski definition) is 0. The van der Waals surface area contributed by atoms with E-state index in [4.69, 9.17) is 9.47 Å². The molecular formula is C24H32N2O3. The van der Waals surface area contributed by atoms with Crippen LogP contribution in [0, 0.1) is 23.2 Å². The van der Waals surface area contributed by atoms with Crippen LogP contribution in [0.25, 0.3) is 0 Å².